The molecule has 1 saturated carbocycles. The highest BCUT2D eigenvalue weighted by molar-refractivity contribution is 5.95. The van der Waals surface area contributed by atoms with Gasteiger partial charge in [0.15, 0.2) is 0 Å². The number of aromatic nitrogens is 1. The number of likely N-dealkylation sites (tertiary alicyclic amines) is 2. The zero-order chi connectivity index (χ0) is 27.6. The van der Waals surface area contributed by atoms with Crippen molar-refractivity contribution in [3.8, 4) is 17.0 Å². The lowest BCUT2D eigenvalue weighted by atomic mass is 9.67. The summed E-state index contributed by atoms with van der Waals surface area (Å²) in [6, 6.07) is 7.74. The Morgan fingerprint density at radius 1 is 1.08 bits per heavy atom. The van der Waals surface area contributed by atoms with Gasteiger partial charge >= 0.3 is 6.18 Å². The predicted octanol–water partition coefficient (Wildman–Crippen LogP) is 5.31. The molecule has 2 saturated heterocycles. The molecule has 0 bridgehead atoms. The third kappa shape index (κ3) is 6.22. The van der Waals surface area contributed by atoms with Gasteiger partial charge in [0.25, 0.3) is 5.91 Å². The molecule has 39 heavy (non-hydrogen) atoms. The van der Waals surface area contributed by atoms with Gasteiger partial charge in [0.1, 0.15) is 5.82 Å². The Balaban J connectivity index is 1.11. The van der Waals surface area contributed by atoms with Gasteiger partial charge in [0.2, 0.25) is 5.88 Å². The third-order valence-corrected chi connectivity index (χ3v) is 8.56. The number of hydrogen-bond donors (Lipinski definition) is 1. The molecule has 0 radical (unpaired) electrons. The fraction of sp³-hybridized carbons (Fsp3) is 0.586. The minimum absolute atomic E-state index is 0.0974. The van der Waals surface area contributed by atoms with Gasteiger partial charge < -0.3 is 19.6 Å². The van der Waals surface area contributed by atoms with E-state index in [1.807, 2.05) is 4.90 Å². The number of β-amino-alcohol motifs (C(OH)–C–C–N with tert-alkyl or cyclic N) is 1. The summed E-state index contributed by atoms with van der Waals surface area (Å²) >= 11 is 0. The molecule has 2 aliphatic heterocycles. The van der Waals surface area contributed by atoms with E-state index in [1.54, 1.807) is 29.2 Å². The zero-order valence-electron chi connectivity index (χ0n) is 21.9. The summed E-state index contributed by atoms with van der Waals surface area (Å²) < 4.78 is 61.2. The van der Waals surface area contributed by atoms with Crippen molar-refractivity contribution in [3.63, 3.8) is 0 Å². The largest absolute Gasteiger partial charge is 0.477 e. The smallest absolute Gasteiger partial charge is 0.395 e. The number of piperidine rings is 2. The number of pyridine rings is 1. The van der Waals surface area contributed by atoms with Gasteiger partial charge in [0.05, 0.1) is 18.1 Å². The van der Waals surface area contributed by atoms with Crippen LogP contribution in [0.4, 0.5) is 17.6 Å². The number of aliphatic hydroxyl groups is 1. The average Bonchev–Trinajstić information content (AvgIpc) is 2.89. The highest BCUT2D eigenvalue weighted by Crippen LogP contribution is 2.53. The topological polar surface area (TPSA) is 65.9 Å². The number of hydrogen-bond acceptors (Lipinski definition) is 5. The Hall–Kier alpha value is -2.72. The highest BCUT2D eigenvalue weighted by Gasteiger charge is 2.58. The van der Waals surface area contributed by atoms with Gasteiger partial charge in [-0.25, -0.2) is 9.37 Å². The fourth-order valence-electron chi connectivity index (χ4n) is 5.91. The summed E-state index contributed by atoms with van der Waals surface area (Å²) in [5, 5.41) is 9.82. The zero-order valence-corrected chi connectivity index (χ0v) is 21.9. The molecule has 3 fully saturated rings. The maximum absolute atomic E-state index is 14.9. The van der Waals surface area contributed by atoms with Gasteiger partial charge in [-0.2, -0.15) is 13.2 Å². The first-order chi connectivity index (χ1) is 18.6. The summed E-state index contributed by atoms with van der Waals surface area (Å²) in [7, 11) is 0. The Bertz CT molecular complexity index is 1150. The minimum Gasteiger partial charge on any atom is -0.477 e. The van der Waals surface area contributed by atoms with E-state index < -0.39 is 23.5 Å². The first-order valence-electron chi connectivity index (χ1n) is 13.8. The maximum atomic E-state index is 14.9. The van der Waals surface area contributed by atoms with E-state index >= 15 is 0 Å². The standard InChI is InChI=1S/C29H35F4N3O3/c30-25-15-21(27(38)36-12-1-3-23(37)17-36)4-6-24(25)22-5-7-26(34-16-22)39-18-20-8-13-35(14-9-20)19-28(10-2-11-28)29(31,32)33/h4-7,15-16,20,23,37H,1-3,8-14,17-19H2/t23-/m1/s1. The van der Waals surface area contributed by atoms with Crippen LogP contribution in [-0.2, 0) is 0 Å². The van der Waals surface area contributed by atoms with Crippen LogP contribution < -0.4 is 4.74 Å². The molecule has 1 aliphatic carbocycles. The lowest BCUT2D eigenvalue weighted by Crippen LogP contribution is -2.53. The van der Waals surface area contributed by atoms with Crippen molar-refractivity contribution in [2.75, 3.05) is 39.3 Å². The van der Waals surface area contributed by atoms with Crippen LogP contribution in [0.3, 0.4) is 0 Å². The van der Waals surface area contributed by atoms with E-state index in [2.05, 4.69) is 4.98 Å². The Morgan fingerprint density at radius 3 is 2.44 bits per heavy atom. The molecule has 0 unspecified atom stereocenters. The van der Waals surface area contributed by atoms with Crippen LogP contribution in [-0.4, -0.2) is 77.4 Å². The van der Waals surface area contributed by atoms with Crippen molar-refractivity contribution in [3.05, 3.63) is 47.9 Å². The third-order valence-electron chi connectivity index (χ3n) is 8.56. The van der Waals surface area contributed by atoms with Crippen LogP contribution in [0, 0.1) is 17.2 Å². The lowest BCUT2D eigenvalue weighted by Gasteiger charge is -2.47. The summed E-state index contributed by atoms with van der Waals surface area (Å²) in [4.78, 5) is 20.5. The van der Waals surface area contributed by atoms with Crippen LogP contribution in [0.25, 0.3) is 11.1 Å². The van der Waals surface area contributed by atoms with Crippen LogP contribution in [0.1, 0.15) is 55.3 Å². The van der Waals surface area contributed by atoms with Crippen LogP contribution in [0.15, 0.2) is 36.5 Å². The SMILES string of the molecule is O=C(c1ccc(-c2ccc(OCC3CCN(CC4(C(F)(F)F)CCC4)CC3)nc2)c(F)c1)N1CCC[C@@H](O)C1. The summed E-state index contributed by atoms with van der Waals surface area (Å²) in [5.74, 6) is -0.179. The molecular weight excluding hydrogens is 514 g/mol. The molecular formula is C29H35F4N3O3. The number of halogens is 4. The lowest BCUT2D eigenvalue weighted by molar-refractivity contribution is -0.256. The van der Waals surface area contributed by atoms with Gasteiger partial charge in [-0.3, -0.25) is 4.79 Å². The van der Waals surface area contributed by atoms with Crippen molar-refractivity contribution in [1.29, 1.82) is 0 Å². The summed E-state index contributed by atoms with van der Waals surface area (Å²) in [5.41, 5.74) is -0.408. The molecule has 5 rings (SSSR count). The van der Waals surface area contributed by atoms with Gasteiger partial charge in [-0.15, -0.1) is 0 Å². The summed E-state index contributed by atoms with van der Waals surface area (Å²) in [6.07, 6.45) is 0.888. The molecule has 3 aliphatic rings. The van der Waals surface area contributed by atoms with Crippen LogP contribution >= 0.6 is 0 Å². The van der Waals surface area contributed by atoms with Crippen LogP contribution in [0.2, 0.25) is 0 Å². The fourth-order valence-corrected chi connectivity index (χ4v) is 5.91. The summed E-state index contributed by atoms with van der Waals surface area (Å²) in [6.45, 7) is 2.60. The minimum atomic E-state index is -4.14. The molecule has 1 amide bonds. The number of benzene rings is 1. The molecule has 3 heterocycles. The van der Waals surface area contributed by atoms with Gasteiger partial charge in [0, 0.05) is 48.6 Å². The van der Waals surface area contributed by atoms with Crippen LogP contribution in [0.5, 0.6) is 5.88 Å². The van der Waals surface area contributed by atoms with Crippen molar-refractivity contribution in [2.24, 2.45) is 11.3 Å². The predicted molar refractivity (Wildman–Crippen MR) is 138 cm³/mol. The van der Waals surface area contributed by atoms with Crippen molar-refractivity contribution >= 4 is 5.91 Å². The molecule has 212 valence electrons. The second-order valence-electron chi connectivity index (χ2n) is 11.3. The quantitative estimate of drug-likeness (QED) is 0.475. The molecule has 1 aromatic carbocycles. The van der Waals surface area contributed by atoms with Gasteiger partial charge in [-0.1, -0.05) is 12.5 Å². The number of carbonyl (C=O) groups is 1. The normalized spacial score (nSPS) is 22.4. The number of amides is 1. The number of rotatable bonds is 7. The van der Waals surface area contributed by atoms with Crippen molar-refractivity contribution < 1.29 is 32.2 Å². The van der Waals surface area contributed by atoms with Crippen molar-refractivity contribution in [2.45, 2.75) is 57.2 Å². The molecule has 6 nitrogen and oxygen atoms in total. The van der Waals surface area contributed by atoms with E-state index in [0.29, 0.717) is 56.1 Å². The maximum Gasteiger partial charge on any atom is 0.395 e. The Morgan fingerprint density at radius 2 is 1.85 bits per heavy atom. The van der Waals surface area contributed by atoms with E-state index in [0.717, 1.165) is 19.3 Å². The van der Waals surface area contributed by atoms with E-state index in [1.165, 1.54) is 12.3 Å². The molecule has 1 aromatic heterocycles. The first-order valence-corrected chi connectivity index (χ1v) is 13.8. The molecule has 0 spiro atoms. The van der Waals surface area contributed by atoms with E-state index in [9.17, 15) is 27.5 Å². The number of alkyl halides is 3. The highest BCUT2D eigenvalue weighted by atomic mass is 19.4. The second-order valence-corrected chi connectivity index (χ2v) is 11.3. The number of ether oxygens (including phenoxy) is 1. The Labute approximate surface area is 226 Å². The van der Waals surface area contributed by atoms with E-state index in [4.69, 9.17) is 4.74 Å². The molecule has 1 N–H and O–H groups in total. The second kappa shape index (κ2) is 11.4. The monoisotopic (exact) mass is 549 g/mol. The molecule has 1 atom stereocenters. The Kier molecular flexibility index (Phi) is 8.14. The van der Waals surface area contributed by atoms with Gasteiger partial charge in [-0.05, 0) is 75.7 Å². The number of nitrogens with zero attached hydrogens (tertiary/aromatic N) is 3. The molecule has 10 heteroatoms. The number of carbonyl (C=O) groups excluding carboxylic acids is 1. The van der Waals surface area contributed by atoms with Crippen molar-refractivity contribution in [1.82, 2.24) is 14.8 Å². The first kappa shape index (κ1) is 27.8. The average molecular weight is 550 g/mol. The van der Waals surface area contributed by atoms with E-state index in [-0.39, 0.29) is 43.3 Å². The molecule has 2 aromatic rings. The number of aliphatic hydroxyl groups excluding tert-OH is 1.